The Bertz CT molecular complexity index is 207. The first-order chi connectivity index (χ1) is 5.79. The van der Waals surface area contributed by atoms with E-state index in [4.69, 9.17) is 0 Å². The highest BCUT2D eigenvalue weighted by atomic mass is 14.9. The van der Waals surface area contributed by atoms with E-state index in [9.17, 15) is 0 Å². The first-order valence-electron chi connectivity index (χ1n) is 4.48. The van der Waals surface area contributed by atoms with Gasteiger partial charge >= 0.3 is 0 Å². The van der Waals surface area contributed by atoms with E-state index in [0.29, 0.717) is 6.04 Å². The lowest BCUT2D eigenvalue weighted by molar-refractivity contribution is 0.699. The third-order valence-electron chi connectivity index (χ3n) is 2.42. The molecule has 66 valence electrons. The molecule has 1 nitrogen and oxygen atoms in total. The number of nitrogens with one attached hydrogen (secondary N) is 1. The molecular weight excluding hydrogens is 146 g/mol. The van der Waals surface area contributed by atoms with Crippen LogP contribution in [0, 0.1) is 0 Å². The van der Waals surface area contributed by atoms with E-state index in [1.54, 1.807) is 0 Å². The molecule has 0 aromatic heterocycles. The molecule has 12 heavy (non-hydrogen) atoms. The zero-order valence-corrected chi connectivity index (χ0v) is 7.77. The van der Waals surface area contributed by atoms with Crippen LogP contribution in [0.1, 0.15) is 19.8 Å². The summed E-state index contributed by atoms with van der Waals surface area (Å²) in [5, 5.41) is 3.45. The van der Waals surface area contributed by atoms with Crippen molar-refractivity contribution in [2.45, 2.75) is 25.8 Å². The van der Waals surface area contributed by atoms with Crippen molar-refractivity contribution in [3.05, 3.63) is 36.5 Å². The topological polar surface area (TPSA) is 12.0 Å². The fourth-order valence-corrected chi connectivity index (χ4v) is 1.65. The largest absolute Gasteiger partial charge is 0.310 e. The zero-order chi connectivity index (χ0) is 8.97. The molecule has 0 bridgehead atoms. The Hall–Kier alpha value is -0.820. The lowest BCUT2D eigenvalue weighted by atomic mass is 10.0. The summed E-state index contributed by atoms with van der Waals surface area (Å²) in [6, 6.07) is 0.514. The monoisotopic (exact) mass is 163 g/mol. The van der Waals surface area contributed by atoms with Crippen molar-refractivity contribution in [1.29, 1.82) is 0 Å². The van der Waals surface area contributed by atoms with Gasteiger partial charge in [-0.3, -0.25) is 0 Å². The third kappa shape index (κ3) is 1.86. The maximum atomic E-state index is 3.83. The van der Waals surface area contributed by atoms with Gasteiger partial charge in [0.15, 0.2) is 0 Å². The van der Waals surface area contributed by atoms with Crippen molar-refractivity contribution in [2.75, 3.05) is 6.54 Å². The normalized spacial score (nSPS) is 24.9. The van der Waals surface area contributed by atoms with Gasteiger partial charge < -0.3 is 5.32 Å². The molecule has 1 fully saturated rings. The molecule has 0 amide bonds. The number of rotatable bonds is 3. The molecule has 1 heteroatoms. The van der Waals surface area contributed by atoms with Crippen LogP contribution in [0.15, 0.2) is 36.5 Å². The second-order valence-electron chi connectivity index (χ2n) is 3.20. The standard InChI is InChI=1S/C11H17N/c1-4-9(3)10(5-2)11-7-6-8-12-11/h4-5,11-12H,1-2,6-8H2,3H3/b10-9+. The lowest BCUT2D eigenvalue weighted by Gasteiger charge is -2.13. The predicted molar refractivity (Wildman–Crippen MR) is 54.1 cm³/mol. The molecule has 1 N–H and O–H groups in total. The Labute approximate surface area is 74.9 Å². The van der Waals surface area contributed by atoms with Crippen molar-refractivity contribution in [2.24, 2.45) is 0 Å². The van der Waals surface area contributed by atoms with Gasteiger partial charge in [0.1, 0.15) is 0 Å². The Morgan fingerprint density at radius 1 is 1.42 bits per heavy atom. The summed E-state index contributed by atoms with van der Waals surface area (Å²) in [5.41, 5.74) is 2.55. The minimum atomic E-state index is 0.514. The van der Waals surface area contributed by atoms with Crippen LogP contribution in [0.4, 0.5) is 0 Å². The second-order valence-corrected chi connectivity index (χ2v) is 3.20. The van der Waals surface area contributed by atoms with Crippen molar-refractivity contribution in [3.63, 3.8) is 0 Å². The van der Waals surface area contributed by atoms with Gasteiger partial charge in [0, 0.05) is 6.04 Å². The minimum Gasteiger partial charge on any atom is -0.310 e. The highest BCUT2D eigenvalue weighted by Gasteiger charge is 2.17. The maximum Gasteiger partial charge on any atom is 0.0323 e. The second kappa shape index (κ2) is 4.27. The van der Waals surface area contributed by atoms with Gasteiger partial charge in [-0.15, -0.1) is 0 Å². The summed E-state index contributed by atoms with van der Waals surface area (Å²) in [4.78, 5) is 0. The molecule has 1 atom stereocenters. The van der Waals surface area contributed by atoms with Gasteiger partial charge in [-0.1, -0.05) is 25.3 Å². The quantitative estimate of drug-likeness (QED) is 0.630. The molecule has 0 aromatic carbocycles. The predicted octanol–water partition coefficient (Wildman–Crippen LogP) is 2.43. The highest BCUT2D eigenvalue weighted by molar-refractivity contribution is 5.34. The fourth-order valence-electron chi connectivity index (χ4n) is 1.65. The van der Waals surface area contributed by atoms with Gasteiger partial charge in [0.05, 0.1) is 0 Å². The molecule has 1 aliphatic heterocycles. The Morgan fingerprint density at radius 2 is 2.17 bits per heavy atom. The fraction of sp³-hybridized carbons (Fsp3) is 0.455. The third-order valence-corrected chi connectivity index (χ3v) is 2.42. The van der Waals surface area contributed by atoms with Gasteiger partial charge in [-0.2, -0.15) is 0 Å². The smallest absolute Gasteiger partial charge is 0.0323 e. The van der Waals surface area contributed by atoms with Gasteiger partial charge in [-0.05, 0) is 37.5 Å². The van der Waals surface area contributed by atoms with E-state index in [1.807, 2.05) is 12.2 Å². The maximum absolute atomic E-state index is 3.83. The molecule has 1 saturated heterocycles. The number of hydrogen-bond donors (Lipinski definition) is 1. The molecule has 0 aromatic rings. The van der Waals surface area contributed by atoms with Gasteiger partial charge in [0.2, 0.25) is 0 Å². The van der Waals surface area contributed by atoms with Crippen LogP contribution in [0.25, 0.3) is 0 Å². The van der Waals surface area contributed by atoms with Gasteiger partial charge in [0.25, 0.3) is 0 Å². The lowest BCUT2D eigenvalue weighted by Crippen LogP contribution is -2.23. The molecule has 1 rings (SSSR count). The summed E-state index contributed by atoms with van der Waals surface area (Å²) < 4.78 is 0. The molecular formula is C11H17N. The van der Waals surface area contributed by atoms with E-state index < -0.39 is 0 Å². The van der Waals surface area contributed by atoms with Crippen LogP contribution >= 0.6 is 0 Å². The minimum absolute atomic E-state index is 0.514. The van der Waals surface area contributed by atoms with Crippen molar-refractivity contribution < 1.29 is 0 Å². The van der Waals surface area contributed by atoms with Crippen LogP contribution in [-0.4, -0.2) is 12.6 Å². The number of hydrogen-bond acceptors (Lipinski definition) is 1. The van der Waals surface area contributed by atoms with Crippen LogP contribution < -0.4 is 5.32 Å². The highest BCUT2D eigenvalue weighted by Crippen LogP contribution is 2.18. The van der Waals surface area contributed by atoms with E-state index in [-0.39, 0.29) is 0 Å². The Morgan fingerprint density at radius 3 is 2.58 bits per heavy atom. The zero-order valence-electron chi connectivity index (χ0n) is 7.77. The van der Waals surface area contributed by atoms with Crippen LogP contribution in [-0.2, 0) is 0 Å². The van der Waals surface area contributed by atoms with Crippen molar-refractivity contribution in [1.82, 2.24) is 5.32 Å². The average molecular weight is 163 g/mol. The van der Waals surface area contributed by atoms with Crippen molar-refractivity contribution >= 4 is 0 Å². The summed E-state index contributed by atoms with van der Waals surface area (Å²) in [5.74, 6) is 0. The SMILES string of the molecule is C=C/C(C)=C(\C=C)C1CCCN1. The van der Waals surface area contributed by atoms with Crippen LogP contribution in [0.5, 0.6) is 0 Å². The van der Waals surface area contributed by atoms with E-state index >= 15 is 0 Å². The average Bonchev–Trinajstić information content (AvgIpc) is 2.58. The first kappa shape index (κ1) is 9.27. The van der Waals surface area contributed by atoms with Crippen LogP contribution in [0.3, 0.4) is 0 Å². The Balaban J connectivity index is 2.79. The molecule has 1 unspecified atom stereocenters. The summed E-state index contributed by atoms with van der Waals surface area (Å²) in [6.45, 7) is 10.8. The van der Waals surface area contributed by atoms with Crippen molar-refractivity contribution in [3.8, 4) is 0 Å². The molecule has 0 aliphatic carbocycles. The molecule has 1 heterocycles. The van der Waals surface area contributed by atoms with Crippen LogP contribution in [0.2, 0.25) is 0 Å². The van der Waals surface area contributed by atoms with E-state index in [0.717, 1.165) is 6.54 Å². The molecule has 0 saturated carbocycles. The molecule has 1 aliphatic rings. The summed E-state index contributed by atoms with van der Waals surface area (Å²) >= 11 is 0. The van der Waals surface area contributed by atoms with Gasteiger partial charge in [-0.25, -0.2) is 0 Å². The molecule has 0 spiro atoms. The number of allylic oxidation sites excluding steroid dienone is 2. The molecule has 0 radical (unpaired) electrons. The van der Waals surface area contributed by atoms with E-state index in [2.05, 4.69) is 25.4 Å². The summed E-state index contributed by atoms with van der Waals surface area (Å²) in [7, 11) is 0. The van der Waals surface area contributed by atoms with E-state index in [1.165, 1.54) is 24.0 Å². The first-order valence-corrected chi connectivity index (χ1v) is 4.48. The summed E-state index contributed by atoms with van der Waals surface area (Å²) in [6.07, 6.45) is 6.34. The Kier molecular flexibility index (Phi) is 3.30.